The van der Waals surface area contributed by atoms with Gasteiger partial charge in [0.25, 0.3) is 0 Å². The van der Waals surface area contributed by atoms with E-state index in [2.05, 4.69) is 13.8 Å². The molecular weight excluding hydrogens is 267 g/mol. The zero-order valence-corrected chi connectivity index (χ0v) is 12.4. The van der Waals surface area contributed by atoms with Crippen LogP contribution in [0, 0.1) is 11.3 Å². The van der Waals surface area contributed by atoms with E-state index in [0.29, 0.717) is 10.0 Å². The highest BCUT2D eigenvalue weighted by Gasteiger charge is 2.38. The number of hydrogen-bond acceptors (Lipinski definition) is 1. The number of benzene rings is 1. The average molecular weight is 287 g/mol. The molecule has 0 spiro atoms. The topological polar surface area (TPSA) is 20.2 Å². The molecule has 1 aromatic rings. The van der Waals surface area contributed by atoms with Gasteiger partial charge in [-0.05, 0) is 30.2 Å². The molecule has 0 heterocycles. The van der Waals surface area contributed by atoms with Crippen LogP contribution < -0.4 is 0 Å². The molecule has 0 aromatic heterocycles. The second-order valence-corrected chi connectivity index (χ2v) is 6.71. The highest BCUT2D eigenvalue weighted by molar-refractivity contribution is 6.42. The molecule has 100 valence electrons. The van der Waals surface area contributed by atoms with Crippen molar-refractivity contribution in [2.45, 2.75) is 45.6 Å². The van der Waals surface area contributed by atoms with Crippen molar-refractivity contribution in [2.75, 3.05) is 0 Å². The Morgan fingerprint density at radius 2 is 2.00 bits per heavy atom. The zero-order valence-electron chi connectivity index (χ0n) is 10.9. The molecule has 0 aliphatic heterocycles. The van der Waals surface area contributed by atoms with E-state index in [0.717, 1.165) is 18.4 Å². The van der Waals surface area contributed by atoms with E-state index in [1.807, 2.05) is 12.1 Å². The van der Waals surface area contributed by atoms with Gasteiger partial charge in [0, 0.05) is 5.56 Å². The molecule has 0 radical (unpaired) electrons. The minimum atomic E-state index is -0.522. The van der Waals surface area contributed by atoms with Crippen LogP contribution in [0.1, 0.15) is 51.2 Å². The fourth-order valence-corrected chi connectivity index (χ4v) is 3.49. The lowest BCUT2D eigenvalue weighted by Gasteiger charge is -2.41. The van der Waals surface area contributed by atoms with Gasteiger partial charge in [0.1, 0.15) is 0 Å². The van der Waals surface area contributed by atoms with Crippen molar-refractivity contribution < 1.29 is 5.11 Å². The average Bonchev–Trinajstić information content (AvgIpc) is 2.31. The molecule has 1 fully saturated rings. The SMILES string of the molecule is CC1(C)CCCCC1C(O)c1cccc(Cl)c1Cl. The summed E-state index contributed by atoms with van der Waals surface area (Å²) in [5.41, 5.74) is 0.924. The first-order chi connectivity index (χ1) is 8.43. The zero-order chi connectivity index (χ0) is 13.3. The summed E-state index contributed by atoms with van der Waals surface area (Å²) >= 11 is 12.2. The van der Waals surface area contributed by atoms with Crippen LogP contribution in [0.5, 0.6) is 0 Å². The minimum Gasteiger partial charge on any atom is -0.388 e. The fourth-order valence-electron chi connectivity index (χ4n) is 3.07. The Balaban J connectivity index is 2.30. The lowest BCUT2D eigenvalue weighted by atomic mass is 9.65. The second-order valence-electron chi connectivity index (χ2n) is 5.93. The fraction of sp³-hybridized carbons (Fsp3) is 0.600. The van der Waals surface area contributed by atoms with Gasteiger partial charge in [-0.3, -0.25) is 0 Å². The molecule has 1 nitrogen and oxygen atoms in total. The monoisotopic (exact) mass is 286 g/mol. The van der Waals surface area contributed by atoms with Gasteiger partial charge in [0.05, 0.1) is 16.1 Å². The number of halogens is 2. The van der Waals surface area contributed by atoms with Gasteiger partial charge in [-0.2, -0.15) is 0 Å². The highest BCUT2D eigenvalue weighted by atomic mass is 35.5. The van der Waals surface area contributed by atoms with Crippen molar-refractivity contribution in [2.24, 2.45) is 11.3 Å². The molecule has 3 heteroatoms. The molecule has 1 saturated carbocycles. The molecule has 1 aromatic carbocycles. The van der Waals surface area contributed by atoms with Crippen molar-refractivity contribution in [1.29, 1.82) is 0 Å². The molecule has 0 amide bonds. The van der Waals surface area contributed by atoms with Gasteiger partial charge in [0.2, 0.25) is 0 Å². The van der Waals surface area contributed by atoms with E-state index in [4.69, 9.17) is 23.2 Å². The highest BCUT2D eigenvalue weighted by Crippen LogP contribution is 2.48. The van der Waals surface area contributed by atoms with Crippen LogP contribution in [0.2, 0.25) is 10.0 Å². The molecule has 1 aliphatic rings. The molecule has 18 heavy (non-hydrogen) atoms. The maximum absolute atomic E-state index is 10.6. The van der Waals surface area contributed by atoms with Gasteiger partial charge in [-0.25, -0.2) is 0 Å². The van der Waals surface area contributed by atoms with Crippen LogP contribution >= 0.6 is 23.2 Å². The summed E-state index contributed by atoms with van der Waals surface area (Å²) in [5, 5.41) is 11.7. The molecule has 2 atom stereocenters. The maximum atomic E-state index is 10.6. The predicted molar refractivity (Wildman–Crippen MR) is 77.2 cm³/mol. The molecular formula is C15H20Cl2O. The summed E-state index contributed by atoms with van der Waals surface area (Å²) in [6.45, 7) is 4.47. The van der Waals surface area contributed by atoms with Gasteiger partial charge >= 0.3 is 0 Å². The predicted octanol–water partition coefficient (Wildman–Crippen LogP) is 5.24. The molecule has 1 N–H and O–H groups in total. The number of aliphatic hydroxyl groups excluding tert-OH is 1. The summed E-state index contributed by atoms with van der Waals surface area (Å²) in [5.74, 6) is 0.252. The Hall–Kier alpha value is -0.240. The Morgan fingerprint density at radius 3 is 2.67 bits per heavy atom. The van der Waals surface area contributed by atoms with Crippen LogP contribution in [-0.2, 0) is 0 Å². The standard InChI is InChI=1S/C15H20Cl2O/c1-15(2)9-4-3-7-11(15)14(18)10-6-5-8-12(16)13(10)17/h5-6,8,11,14,18H,3-4,7,9H2,1-2H3. The first-order valence-electron chi connectivity index (χ1n) is 6.55. The molecule has 0 saturated heterocycles. The van der Waals surface area contributed by atoms with E-state index in [1.165, 1.54) is 12.8 Å². The van der Waals surface area contributed by atoms with Gasteiger partial charge < -0.3 is 5.11 Å². The lowest BCUT2D eigenvalue weighted by molar-refractivity contribution is 0.00392. The molecule has 2 unspecified atom stereocenters. The maximum Gasteiger partial charge on any atom is 0.0838 e. The van der Waals surface area contributed by atoms with Crippen molar-refractivity contribution in [3.8, 4) is 0 Å². The minimum absolute atomic E-state index is 0.156. The largest absolute Gasteiger partial charge is 0.388 e. The van der Waals surface area contributed by atoms with Crippen molar-refractivity contribution in [3.63, 3.8) is 0 Å². The Bertz CT molecular complexity index is 429. The third-order valence-electron chi connectivity index (χ3n) is 4.27. The number of rotatable bonds is 2. The summed E-state index contributed by atoms with van der Waals surface area (Å²) < 4.78 is 0. The third kappa shape index (κ3) is 2.68. The normalized spacial score (nSPS) is 24.8. The first-order valence-corrected chi connectivity index (χ1v) is 7.31. The van der Waals surface area contributed by atoms with Crippen LogP contribution in [0.3, 0.4) is 0 Å². The summed E-state index contributed by atoms with van der Waals surface area (Å²) in [6, 6.07) is 5.48. The lowest BCUT2D eigenvalue weighted by Crippen LogP contribution is -2.32. The first kappa shape index (κ1) is 14.2. The van der Waals surface area contributed by atoms with Gasteiger partial charge in [-0.1, -0.05) is 62.0 Å². The second kappa shape index (κ2) is 5.40. The van der Waals surface area contributed by atoms with E-state index >= 15 is 0 Å². The molecule has 0 bridgehead atoms. The van der Waals surface area contributed by atoms with Crippen LogP contribution in [0.15, 0.2) is 18.2 Å². The van der Waals surface area contributed by atoms with Crippen LogP contribution in [0.4, 0.5) is 0 Å². The molecule has 1 aliphatic carbocycles. The summed E-state index contributed by atoms with van der Waals surface area (Å²) in [6.07, 6.45) is 4.12. The number of hydrogen-bond donors (Lipinski definition) is 1. The van der Waals surface area contributed by atoms with Crippen molar-refractivity contribution >= 4 is 23.2 Å². The van der Waals surface area contributed by atoms with Gasteiger partial charge in [-0.15, -0.1) is 0 Å². The van der Waals surface area contributed by atoms with E-state index < -0.39 is 6.10 Å². The summed E-state index contributed by atoms with van der Waals surface area (Å²) in [4.78, 5) is 0. The van der Waals surface area contributed by atoms with Crippen molar-refractivity contribution in [1.82, 2.24) is 0 Å². The van der Waals surface area contributed by atoms with Crippen LogP contribution in [0.25, 0.3) is 0 Å². The summed E-state index contributed by atoms with van der Waals surface area (Å²) in [7, 11) is 0. The Kier molecular flexibility index (Phi) is 4.25. The Labute approximate surface area is 119 Å². The van der Waals surface area contributed by atoms with E-state index in [1.54, 1.807) is 6.07 Å². The smallest absolute Gasteiger partial charge is 0.0838 e. The number of aliphatic hydroxyl groups is 1. The quantitative estimate of drug-likeness (QED) is 0.788. The van der Waals surface area contributed by atoms with Crippen LogP contribution in [-0.4, -0.2) is 5.11 Å². The van der Waals surface area contributed by atoms with Gasteiger partial charge in [0.15, 0.2) is 0 Å². The Morgan fingerprint density at radius 1 is 1.28 bits per heavy atom. The van der Waals surface area contributed by atoms with E-state index in [-0.39, 0.29) is 11.3 Å². The van der Waals surface area contributed by atoms with Crippen molar-refractivity contribution in [3.05, 3.63) is 33.8 Å². The third-order valence-corrected chi connectivity index (χ3v) is 5.10. The van der Waals surface area contributed by atoms with E-state index in [9.17, 15) is 5.11 Å². The molecule has 2 rings (SSSR count).